The molecule has 0 amide bonds. The number of carbonyl (C=O) groups is 1. The number of hydrogen-bond acceptors (Lipinski definition) is 8. The summed E-state index contributed by atoms with van der Waals surface area (Å²) in [7, 11) is -6.27. The Hall–Kier alpha value is -3.48. The standard InChI is InChI=1S/C45H57NO7SSi/c1-45(2,3)55(38-21-12-6-13-22-38,39-23-14-7-15-24-39)52-31-29-43(48)44-33-36-26-27-40(42(47)28-30-51-34-35-17-8-4-9-18-35)41(46(36)53-44)25-16-32-54(49,50)37-19-10-5-11-20-37/h4-15,17-24,36,40-42,44,47H,16,25-34H2,1-3H3/t36-,40-,41-,42+,44+/m1/s1. The predicted octanol–water partition coefficient (Wildman–Crippen LogP) is 6.90. The molecule has 0 aliphatic carbocycles. The Balaban J connectivity index is 1.13. The van der Waals surface area contributed by atoms with Gasteiger partial charge in [-0.3, -0.25) is 9.63 Å². The van der Waals surface area contributed by atoms with Crippen LogP contribution >= 0.6 is 0 Å². The van der Waals surface area contributed by atoms with Crippen molar-refractivity contribution in [1.82, 2.24) is 5.06 Å². The highest BCUT2D eigenvalue weighted by atomic mass is 32.2. The second kappa shape index (κ2) is 18.6. The molecule has 4 aromatic carbocycles. The number of piperidine rings is 1. The normalized spacial score (nSPS) is 21.2. The molecule has 0 radical (unpaired) electrons. The highest BCUT2D eigenvalue weighted by Crippen LogP contribution is 2.41. The van der Waals surface area contributed by atoms with E-state index in [1.165, 1.54) is 10.4 Å². The third-order valence-electron chi connectivity index (χ3n) is 11.4. The Morgan fingerprint density at radius 2 is 1.44 bits per heavy atom. The molecule has 0 unspecified atom stereocenters. The molecule has 2 aliphatic heterocycles. The molecule has 0 spiro atoms. The minimum atomic E-state index is -3.47. The van der Waals surface area contributed by atoms with Crippen LogP contribution in [0.25, 0.3) is 0 Å². The van der Waals surface area contributed by atoms with Crippen molar-refractivity contribution in [2.45, 2.75) is 107 Å². The van der Waals surface area contributed by atoms with Crippen LogP contribution in [0.5, 0.6) is 0 Å². The van der Waals surface area contributed by atoms with E-state index in [4.69, 9.17) is 14.0 Å². The molecule has 2 aliphatic rings. The number of ketones is 1. The fourth-order valence-corrected chi connectivity index (χ4v) is 14.5. The molecule has 294 valence electrons. The van der Waals surface area contributed by atoms with Gasteiger partial charge in [0.2, 0.25) is 0 Å². The summed E-state index contributed by atoms with van der Waals surface area (Å²) in [6.45, 7) is 7.83. The van der Waals surface area contributed by atoms with Crippen LogP contribution in [0.4, 0.5) is 0 Å². The summed E-state index contributed by atoms with van der Waals surface area (Å²) in [6, 6.07) is 39.1. The minimum Gasteiger partial charge on any atom is -0.407 e. The number of sulfone groups is 1. The van der Waals surface area contributed by atoms with Crippen molar-refractivity contribution in [1.29, 1.82) is 0 Å². The number of fused-ring (bicyclic) bond motifs is 1. The molecular formula is C45H57NO7SSi. The number of ether oxygens (including phenoxy) is 1. The van der Waals surface area contributed by atoms with Crippen molar-refractivity contribution in [3.63, 3.8) is 0 Å². The number of rotatable bonds is 18. The van der Waals surface area contributed by atoms with Crippen LogP contribution in [0.3, 0.4) is 0 Å². The van der Waals surface area contributed by atoms with Gasteiger partial charge in [-0.2, -0.15) is 5.06 Å². The summed E-state index contributed by atoms with van der Waals surface area (Å²) >= 11 is 0. The van der Waals surface area contributed by atoms with Crippen LogP contribution in [0, 0.1) is 5.92 Å². The van der Waals surface area contributed by atoms with Gasteiger partial charge in [-0.1, -0.05) is 130 Å². The lowest BCUT2D eigenvalue weighted by atomic mass is 9.79. The Bertz CT molecular complexity index is 1850. The fourth-order valence-electron chi connectivity index (χ4n) is 8.61. The minimum absolute atomic E-state index is 0.00301. The first-order chi connectivity index (χ1) is 26.5. The van der Waals surface area contributed by atoms with E-state index in [1.807, 2.05) is 47.5 Å². The maximum absolute atomic E-state index is 14.0. The number of Topliss-reactive ketones (excluding diaryl/α,β-unsaturated/α-hetero) is 1. The molecule has 2 heterocycles. The lowest BCUT2D eigenvalue weighted by Gasteiger charge is -2.43. The zero-order valence-electron chi connectivity index (χ0n) is 32.5. The molecule has 8 nitrogen and oxygen atoms in total. The Kier molecular flexibility index (Phi) is 13.9. The molecule has 2 fully saturated rings. The monoisotopic (exact) mass is 783 g/mol. The van der Waals surface area contributed by atoms with Crippen LogP contribution in [-0.2, 0) is 35.2 Å². The van der Waals surface area contributed by atoms with Gasteiger partial charge in [0.05, 0.1) is 23.4 Å². The van der Waals surface area contributed by atoms with E-state index in [2.05, 4.69) is 69.3 Å². The average Bonchev–Trinajstić information content (AvgIpc) is 3.64. The second-order valence-corrected chi connectivity index (χ2v) is 22.5. The topological polar surface area (TPSA) is 102 Å². The number of carbonyl (C=O) groups excluding carboxylic acids is 1. The van der Waals surface area contributed by atoms with E-state index in [9.17, 15) is 18.3 Å². The van der Waals surface area contributed by atoms with Gasteiger partial charge < -0.3 is 14.3 Å². The molecule has 0 bridgehead atoms. The summed E-state index contributed by atoms with van der Waals surface area (Å²) in [5.41, 5.74) is 1.08. The highest BCUT2D eigenvalue weighted by molar-refractivity contribution is 7.91. The Morgan fingerprint density at radius 3 is 2.04 bits per heavy atom. The maximum Gasteiger partial charge on any atom is 0.261 e. The van der Waals surface area contributed by atoms with E-state index >= 15 is 0 Å². The number of aliphatic hydroxyl groups is 1. The zero-order chi connectivity index (χ0) is 38.9. The molecule has 10 heteroatoms. The summed E-state index contributed by atoms with van der Waals surface area (Å²) in [4.78, 5) is 20.8. The molecule has 6 rings (SSSR count). The number of hydroxylamine groups is 2. The summed E-state index contributed by atoms with van der Waals surface area (Å²) in [5, 5.41) is 15.6. The maximum atomic E-state index is 14.0. The molecule has 0 aromatic heterocycles. The lowest BCUT2D eigenvalue weighted by molar-refractivity contribution is -0.222. The van der Waals surface area contributed by atoms with E-state index in [0.29, 0.717) is 43.8 Å². The molecule has 2 saturated heterocycles. The predicted molar refractivity (Wildman–Crippen MR) is 219 cm³/mol. The van der Waals surface area contributed by atoms with Gasteiger partial charge in [-0.05, 0) is 65.2 Å². The summed E-state index contributed by atoms with van der Waals surface area (Å²) in [5.74, 6) is -0.149. The van der Waals surface area contributed by atoms with E-state index < -0.39 is 30.4 Å². The smallest absolute Gasteiger partial charge is 0.261 e. The van der Waals surface area contributed by atoms with Crippen LogP contribution in [0.1, 0.15) is 71.3 Å². The van der Waals surface area contributed by atoms with Crippen LogP contribution in [0.15, 0.2) is 126 Å². The zero-order valence-corrected chi connectivity index (χ0v) is 34.3. The van der Waals surface area contributed by atoms with Gasteiger partial charge in [0, 0.05) is 44.1 Å². The first-order valence-corrected chi connectivity index (χ1v) is 23.4. The molecule has 55 heavy (non-hydrogen) atoms. The van der Waals surface area contributed by atoms with E-state index in [-0.39, 0.29) is 47.6 Å². The molecule has 4 aromatic rings. The summed E-state index contributed by atoms with van der Waals surface area (Å²) < 4.78 is 39.4. The van der Waals surface area contributed by atoms with Gasteiger partial charge >= 0.3 is 0 Å². The highest BCUT2D eigenvalue weighted by Gasteiger charge is 2.51. The third kappa shape index (κ3) is 9.91. The van der Waals surface area contributed by atoms with Gasteiger partial charge in [0.25, 0.3) is 8.32 Å². The van der Waals surface area contributed by atoms with E-state index in [1.54, 1.807) is 30.3 Å². The van der Waals surface area contributed by atoms with Gasteiger partial charge in [-0.25, -0.2) is 8.42 Å². The quantitative estimate of drug-likeness (QED) is 0.0860. The van der Waals surface area contributed by atoms with Crippen molar-refractivity contribution in [3.8, 4) is 0 Å². The van der Waals surface area contributed by atoms with Gasteiger partial charge in [0.1, 0.15) is 6.10 Å². The largest absolute Gasteiger partial charge is 0.407 e. The molecule has 0 saturated carbocycles. The van der Waals surface area contributed by atoms with Crippen molar-refractivity contribution in [2.75, 3.05) is 19.0 Å². The van der Waals surface area contributed by atoms with Crippen molar-refractivity contribution >= 4 is 34.3 Å². The molecule has 1 N–H and O–H groups in total. The van der Waals surface area contributed by atoms with E-state index in [0.717, 1.165) is 18.4 Å². The van der Waals surface area contributed by atoms with Crippen molar-refractivity contribution in [2.24, 2.45) is 5.92 Å². The number of nitrogens with zero attached hydrogens (tertiary/aromatic N) is 1. The second-order valence-electron chi connectivity index (χ2n) is 16.0. The van der Waals surface area contributed by atoms with Gasteiger partial charge in [0.15, 0.2) is 15.6 Å². The van der Waals surface area contributed by atoms with Crippen LogP contribution < -0.4 is 10.4 Å². The first-order valence-electron chi connectivity index (χ1n) is 19.8. The molecular weight excluding hydrogens is 727 g/mol. The summed E-state index contributed by atoms with van der Waals surface area (Å²) in [6.07, 6.45) is 2.45. The van der Waals surface area contributed by atoms with Crippen molar-refractivity contribution in [3.05, 3.63) is 127 Å². The SMILES string of the molecule is CC(C)(C)[Si](OCCC(=O)[C@@H]1C[C@H]2CC[C@@H]([C@@H](O)CCOCc3ccccc3)[C@@H](CCCS(=O)(=O)c3ccccc3)N2O1)(c1ccccc1)c1ccccc1. The fraction of sp³-hybridized carbons (Fsp3) is 0.444. The Morgan fingerprint density at radius 1 is 0.855 bits per heavy atom. The van der Waals surface area contributed by atoms with Crippen LogP contribution in [-0.4, -0.2) is 75.9 Å². The lowest BCUT2D eigenvalue weighted by Crippen LogP contribution is -2.66. The number of benzene rings is 4. The Labute approximate surface area is 328 Å². The number of hydrogen-bond donors (Lipinski definition) is 1. The van der Waals surface area contributed by atoms with Crippen LogP contribution in [0.2, 0.25) is 5.04 Å². The van der Waals surface area contributed by atoms with Gasteiger partial charge in [-0.15, -0.1) is 0 Å². The first kappa shape index (κ1) is 41.2. The number of aliphatic hydroxyl groups excluding tert-OH is 1. The average molecular weight is 784 g/mol. The third-order valence-corrected chi connectivity index (χ3v) is 18.2. The molecule has 5 atom stereocenters. The van der Waals surface area contributed by atoms with Crippen molar-refractivity contribution < 1.29 is 32.3 Å².